The third-order valence-electron chi connectivity index (χ3n) is 5.71. The topological polar surface area (TPSA) is 54.3 Å². The molecule has 8 heteroatoms. The quantitative estimate of drug-likeness (QED) is 0.616. The summed E-state index contributed by atoms with van der Waals surface area (Å²) in [5.41, 5.74) is 0.666. The SMILES string of the molecule is CC(C)N1CCC(N(C)C(=O)c2nc(-c3cccs3)n(-c3ccc(F)cc3)n2)CC1. The first-order valence-electron chi connectivity index (χ1n) is 10.2. The largest absolute Gasteiger partial charge is 0.336 e. The van der Waals surface area contributed by atoms with E-state index < -0.39 is 0 Å². The first-order valence-corrected chi connectivity index (χ1v) is 11.1. The van der Waals surface area contributed by atoms with Crippen LogP contribution in [0.1, 0.15) is 37.3 Å². The molecule has 0 radical (unpaired) electrons. The second-order valence-electron chi connectivity index (χ2n) is 7.90. The van der Waals surface area contributed by atoms with Crippen LogP contribution in [0.15, 0.2) is 41.8 Å². The Balaban J connectivity index is 1.60. The van der Waals surface area contributed by atoms with Crippen LogP contribution in [0.5, 0.6) is 0 Å². The van der Waals surface area contributed by atoms with Gasteiger partial charge in [-0.1, -0.05) is 6.07 Å². The van der Waals surface area contributed by atoms with Crippen LogP contribution in [0.25, 0.3) is 16.4 Å². The number of likely N-dealkylation sites (tertiary alicyclic amines) is 1. The van der Waals surface area contributed by atoms with Crippen LogP contribution in [-0.4, -0.2) is 62.7 Å². The molecule has 0 bridgehead atoms. The van der Waals surface area contributed by atoms with Crippen molar-refractivity contribution >= 4 is 17.2 Å². The van der Waals surface area contributed by atoms with Gasteiger partial charge in [-0.05, 0) is 62.4 Å². The molecule has 0 saturated carbocycles. The lowest BCUT2D eigenvalue weighted by molar-refractivity contribution is 0.0604. The van der Waals surface area contributed by atoms with Gasteiger partial charge in [-0.2, -0.15) is 0 Å². The predicted octanol–water partition coefficient (Wildman–Crippen LogP) is 4.08. The number of rotatable bonds is 5. The number of thiophene rings is 1. The average molecular weight is 428 g/mol. The molecule has 0 unspecified atom stereocenters. The molecule has 3 aromatic rings. The summed E-state index contributed by atoms with van der Waals surface area (Å²) in [6.45, 7) is 6.37. The molecule has 1 saturated heterocycles. The predicted molar refractivity (Wildman–Crippen MR) is 116 cm³/mol. The van der Waals surface area contributed by atoms with Crippen molar-refractivity contribution in [1.29, 1.82) is 0 Å². The van der Waals surface area contributed by atoms with Gasteiger partial charge in [0.05, 0.1) is 10.6 Å². The van der Waals surface area contributed by atoms with Crippen LogP contribution >= 0.6 is 11.3 Å². The van der Waals surface area contributed by atoms with E-state index in [9.17, 15) is 9.18 Å². The monoisotopic (exact) mass is 427 g/mol. The highest BCUT2D eigenvalue weighted by molar-refractivity contribution is 7.13. The molecule has 3 heterocycles. The number of aromatic nitrogens is 3. The van der Waals surface area contributed by atoms with E-state index in [2.05, 4.69) is 28.8 Å². The minimum absolute atomic E-state index is 0.163. The lowest BCUT2D eigenvalue weighted by atomic mass is 10.0. The van der Waals surface area contributed by atoms with Gasteiger partial charge in [-0.3, -0.25) is 4.79 Å². The van der Waals surface area contributed by atoms with Crippen molar-refractivity contribution in [3.05, 3.63) is 53.4 Å². The lowest BCUT2D eigenvalue weighted by Gasteiger charge is -2.38. The minimum atomic E-state index is -0.319. The van der Waals surface area contributed by atoms with Crippen LogP contribution in [0.4, 0.5) is 4.39 Å². The Morgan fingerprint density at radius 3 is 2.50 bits per heavy atom. The number of nitrogens with zero attached hydrogens (tertiary/aromatic N) is 5. The highest BCUT2D eigenvalue weighted by atomic mass is 32.1. The Bertz CT molecular complexity index is 991. The number of amides is 1. The molecule has 30 heavy (non-hydrogen) atoms. The molecule has 0 atom stereocenters. The molecule has 4 rings (SSSR count). The fraction of sp³-hybridized carbons (Fsp3) is 0.409. The van der Waals surface area contributed by atoms with E-state index in [-0.39, 0.29) is 23.6 Å². The van der Waals surface area contributed by atoms with Crippen molar-refractivity contribution in [2.24, 2.45) is 0 Å². The minimum Gasteiger partial charge on any atom is -0.336 e. The van der Waals surface area contributed by atoms with E-state index in [1.54, 1.807) is 21.7 Å². The fourth-order valence-electron chi connectivity index (χ4n) is 3.84. The van der Waals surface area contributed by atoms with Gasteiger partial charge in [0.25, 0.3) is 5.91 Å². The van der Waals surface area contributed by atoms with E-state index in [4.69, 9.17) is 0 Å². The Hall–Kier alpha value is -2.58. The molecular weight excluding hydrogens is 401 g/mol. The Kier molecular flexibility index (Phi) is 5.97. The highest BCUT2D eigenvalue weighted by Crippen LogP contribution is 2.26. The highest BCUT2D eigenvalue weighted by Gasteiger charge is 2.29. The smallest absolute Gasteiger partial charge is 0.293 e. The molecule has 1 aliphatic rings. The van der Waals surface area contributed by atoms with Crippen molar-refractivity contribution in [1.82, 2.24) is 24.6 Å². The van der Waals surface area contributed by atoms with Crippen LogP contribution in [-0.2, 0) is 0 Å². The zero-order valence-electron chi connectivity index (χ0n) is 17.5. The van der Waals surface area contributed by atoms with Gasteiger partial charge in [-0.15, -0.1) is 16.4 Å². The molecule has 1 amide bonds. The normalized spacial score (nSPS) is 15.6. The fourth-order valence-corrected chi connectivity index (χ4v) is 4.54. The summed E-state index contributed by atoms with van der Waals surface area (Å²) < 4.78 is 15.0. The lowest BCUT2D eigenvalue weighted by Crippen LogP contribution is -2.47. The molecular formula is C22H26FN5OS. The number of piperidine rings is 1. The van der Waals surface area contributed by atoms with Gasteiger partial charge >= 0.3 is 0 Å². The van der Waals surface area contributed by atoms with Gasteiger partial charge in [0.1, 0.15) is 5.82 Å². The summed E-state index contributed by atoms with van der Waals surface area (Å²) in [6.07, 6.45) is 1.88. The van der Waals surface area contributed by atoms with Gasteiger partial charge in [0.15, 0.2) is 5.82 Å². The maximum Gasteiger partial charge on any atom is 0.293 e. The third kappa shape index (κ3) is 4.15. The molecule has 2 aromatic heterocycles. The maximum atomic E-state index is 13.4. The van der Waals surface area contributed by atoms with Gasteiger partial charge in [0.2, 0.25) is 5.82 Å². The second-order valence-corrected chi connectivity index (χ2v) is 8.85. The summed E-state index contributed by atoms with van der Waals surface area (Å²) in [5, 5.41) is 6.47. The van der Waals surface area contributed by atoms with Crippen LogP contribution in [0.3, 0.4) is 0 Å². The average Bonchev–Trinajstić information content (AvgIpc) is 3.43. The van der Waals surface area contributed by atoms with Crippen molar-refractivity contribution in [3.63, 3.8) is 0 Å². The summed E-state index contributed by atoms with van der Waals surface area (Å²) >= 11 is 1.52. The van der Waals surface area contributed by atoms with Crippen molar-refractivity contribution in [3.8, 4) is 16.4 Å². The van der Waals surface area contributed by atoms with Crippen molar-refractivity contribution in [2.45, 2.75) is 38.8 Å². The van der Waals surface area contributed by atoms with E-state index in [1.807, 2.05) is 24.6 Å². The summed E-state index contributed by atoms with van der Waals surface area (Å²) in [4.78, 5) is 22.9. The summed E-state index contributed by atoms with van der Waals surface area (Å²) in [7, 11) is 1.83. The van der Waals surface area contributed by atoms with Gasteiger partial charge in [0, 0.05) is 32.2 Å². The van der Waals surface area contributed by atoms with Crippen LogP contribution in [0, 0.1) is 5.82 Å². The molecule has 0 spiro atoms. The van der Waals surface area contributed by atoms with Crippen LogP contribution in [0.2, 0.25) is 0 Å². The number of hydrogen-bond donors (Lipinski definition) is 0. The van der Waals surface area contributed by atoms with E-state index in [1.165, 1.54) is 23.5 Å². The Labute approximate surface area is 180 Å². The molecule has 1 aromatic carbocycles. The number of carbonyl (C=O) groups is 1. The molecule has 158 valence electrons. The molecule has 0 aliphatic carbocycles. The van der Waals surface area contributed by atoms with Crippen molar-refractivity contribution < 1.29 is 9.18 Å². The number of hydrogen-bond acceptors (Lipinski definition) is 5. The van der Waals surface area contributed by atoms with Crippen LogP contribution < -0.4 is 0 Å². The standard InChI is InChI=1S/C22H26FN5OS/c1-15(2)27-12-10-17(11-13-27)26(3)22(29)20-24-21(19-5-4-14-30-19)28(25-20)18-8-6-16(23)7-9-18/h4-9,14-15,17H,10-13H2,1-3H3. The van der Waals surface area contributed by atoms with Crippen molar-refractivity contribution in [2.75, 3.05) is 20.1 Å². The second kappa shape index (κ2) is 8.65. The number of benzene rings is 1. The molecule has 6 nitrogen and oxygen atoms in total. The van der Waals surface area contributed by atoms with Gasteiger partial charge in [-0.25, -0.2) is 14.1 Å². The molecule has 1 fully saturated rings. The van der Waals surface area contributed by atoms with E-state index in [0.29, 0.717) is 17.6 Å². The number of halogens is 1. The van der Waals surface area contributed by atoms with Gasteiger partial charge < -0.3 is 9.80 Å². The number of carbonyl (C=O) groups excluding carboxylic acids is 1. The third-order valence-corrected chi connectivity index (χ3v) is 6.57. The maximum absolute atomic E-state index is 13.4. The molecule has 0 N–H and O–H groups in total. The Morgan fingerprint density at radius 2 is 1.90 bits per heavy atom. The Morgan fingerprint density at radius 1 is 1.20 bits per heavy atom. The first-order chi connectivity index (χ1) is 14.4. The first kappa shape index (κ1) is 20.7. The zero-order valence-corrected chi connectivity index (χ0v) is 18.3. The van der Waals surface area contributed by atoms with E-state index in [0.717, 1.165) is 30.8 Å². The summed E-state index contributed by atoms with van der Waals surface area (Å²) in [6, 6.07) is 10.6. The zero-order chi connectivity index (χ0) is 21.3. The summed E-state index contributed by atoms with van der Waals surface area (Å²) in [5.74, 6) is 0.247. The molecule has 1 aliphatic heterocycles. The van der Waals surface area contributed by atoms with E-state index >= 15 is 0 Å².